The normalized spacial score (nSPS) is 37.8. The largest absolute Gasteiger partial charge is 0.459 e. The topological polar surface area (TPSA) is 106 Å². The van der Waals surface area contributed by atoms with Crippen LogP contribution in [0.5, 0.6) is 0 Å². The number of fused-ring (bicyclic) bond motifs is 4. The van der Waals surface area contributed by atoms with E-state index < -0.39 is 11.9 Å². The summed E-state index contributed by atoms with van der Waals surface area (Å²) in [5, 5.41) is 10.2. The van der Waals surface area contributed by atoms with Crippen molar-refractivity contribution < 1.29 is 33.7 Å². The number of hydrogen-bond donors (Lipinski definition) is 1. The van der Waals surface area contributed by atoms with Crippen LogP contribution in [-0.2, 0) is 28.6 Å². The second-order valence-corrected chi connectivity index (χ2v) is 10.6. The van der Waals surface area contributed by atoms with Gasteiger partial charge in [0.25, 0.3) is 0 Å². The van der Waals surface area contributed by atoms with E-state index in [0.29, 0.717) is 44.1 Å². The van der Waals surface area contributed by atoms with Crippen LogP contribution in [-0.4, -0.2) is 95.5 Å². The van der Waals surface area contributed by atoms with Crippen LogP contribution in [0.1, 0.15) is 59.3 Å². The SMILES string of the molecule is C/C=C(\C)C(=O)OC1CC2CC(OC(=O)/C=C(\C)C(=O)OC3CC4CC(O)C(C3)N4C)CC1N2C. The molecule has 8 unspecified atom stereocenters. The minimum atomic E-state index is -0.564. The Balaban J connectivity index is 1.28. The molecule has 4 fully saturated rings. The van der Waals surface area contributed by atoms with Gasteiger partial charge in [-0.25, -0.2) is 14.4 Å². The number of ether oxygens (including phenoxy) is 3. The standard InChI is InChI=1S/C26H38N2O7/c1-6-14(2)25(31)35-23-11-17-9-18(13-21(23)28(17)5)33-24(30)7-15(3)26(32)34-19-8-16-10-22(29)20(12-19)27(16)4/h6-7,16-23,29H,8-13H2,1-5H3/b14-6+,15-7+. The first-order valence-corrected chi connectivity index (χ1v) is 12.6. The van der Waals surface area contributed by atoms with Gasteiger partial charge in [-0.15, -0.1) is 0 Å². The number of aliphatic hydroxyl groups is 1. The van der Waals surface area contributed by atoms with Gasteiger partial charge in [0, 0.05) is 67.5 Å². The van der Waals surface area contributed by atoms with Crippen molar-refractivity contribution in [1.82, 2.24) is 9.80 Å². The summed E-state index contributed by atoms with van der Waals surface area (Å²) in [6.45, 7) is 5.09. The highest BCUT2D eigenvalue weighted by molar-refractivity contribution is 5.96. The molecule has 4 aliphatic heterocycles. The molecular formula is C26H38N2O7. The first-order chi connectivity index (χ1) is 16.6. The van der Waals surface area contributed by atoms with Crippen molar-refractivity contribution in [2.45, 2.75) is 108 Å². The fourth-order valence-electron chi connectivity index (χ4n) is 6.12. The zero-order valence-corrected chi connectivity index (χ0v) is 21.3. The molecule has 9 nitrogen and oxygen atoms in total. The van der Waals surface area contributed by atoms with Gasteiger partial charge in [-0.2, -0.15) is 0 Å². The first-order valence-electron chi connectivity index (χ1n) is 12.6. The van der Waals surface area contributed by atoms with E-state index in [4.69, 9.17) is 14.2 Å². The Morgan fingerprint density at radius 1 is 0.771 bits per heavy atom. The van der Waals surface area contributed by atoms with Crippen LogP contribution in [0.2, 0.25) is 0 Å². The van der Waals surface area contributed by atoms with Gasteiger partial charge in [0.05, 0.1) is 12.1 Å². The van der Waals surface area contributed by atoms with Gasteiger partial charge in [-0.05, 0) is 41.3 Å². The maximum Gasteiger partial charge on any atom is 0.334 e. The molecule has 0 aromatic heterocycles. The molecule has 0 saturated carbocycles. The number of carbonyl (C=O) groups is 3. The Morgan fingerprint density at radius 2 is 1.34 bits per heavy atom. The Bertz CT molecular complexity index is 915. The molecule has 4 aliphatic rings. The van der Waals surface area contributed by atoms with Crippen LogP contribution < -0.4 is 0 Å². The van der Waals surface area contributed by atoms with Crippen LogP contribution >= 0.6 is 0 Å². The lowest BCUT2D eigenvalue weighted by Crippen LogP contribution is -2.46. The Hall–Kier alpha value is -2.23. The summed E-state index contributed by atoms with van der Waals surface area (Å²) in [4.78, 5) is 41.7. The zero-order valence-electron chi connectivity index (χ0n) is 21.3. The van der Waals surface area contributed by atoms with Gasteiger partial charge in [-0.1, -0.05) is 6.08 Å². The molecular weight excluding hydrogens is 452 g/mol. The van der Waals surface area contributed by atoms with Crippen molar-refractivity contribution in [3.63, 3.8) is 0 Å². The number of rotatable bonds is 6. The van der Waals surface area contributed by atoms with E-state index in [1.807, 2.05) is 14.1 Å². The lowest BCUT2D eigenvalue weighted by Gasteiger charge is -2.36. The Labute approximate surface area is 207 Å². The number of esters is 3. The Morgan fingerprint density at radius 3 is 2.00 bits per heavy atom. The molecule has 0 aromatic carbocycles. The number of likely N-dealkylation sites (N-methyl/N-ethyl adjacent to an activating group) is 2. The van der Waals surface area contributed by atoms with Gasteiger partial charge in [0.1, 0.15) is 18.3 Å². The van der Waals surface area contributed by atoms with E-state index in [9.17, 15) is 19.5 Å². The van der Waals surface area contributed by atoms with E-state index in [-0.39, 0.29) is 60.1 Å². The zero-order chi connectivity index (χ0) is 25.4. The summed E-state index contributed by atoms with van der Waals surface area (Å²) >= 11 is 0. The van der Waals surface area contributed by atoms with E-state index >= 15 is 0 Å². The summed E-state index contributed by atoms with van der Waals surface area (Å²) in [5.41, 5.74) is 0.778. The second-order valence-electron chi connectivity index (χ2n) is 10.6. The summed E-state index contributed by atoms with van der Waals surface area (Å²) in [5.74, 6) is -1.40. The summed E-state index contributed by atoms with van der Waals surface area (Å²) in [6, 6.07) is 0.372. The molecule has 0 aromatic rings. The van der Waals surface area contributed by atoms with E-state index in [2.05, 4.69) is 9.80 Å². The van der Waals surface area contributed by atoms with E-state index in [0.717, 1.165) is 0 Å². The molecule has 4 bridgehead atoms. The first kappa shape index (κ1) is 25.9. The number of piperidine rings is 2. The van der Waals surface area contributed by atoms with Crippen LogP contribution in [0.4, 0.5) is 0 Å². The van der Waals surface area contributed by atoms with Crippen LogP contribution in [0, 0.1) is 0 Å². The molecule has 0 aliphatic carbocycles. The minimum absolute atomic E-state index is 0.00520. The summed E-state index contributed by atoms with van der Waals surface area (Å²) in [6.07, 6.45) is 5.68. The van der Waals surface area contributed by atoms with Gasteiger partial charge in [0.15, 0.2) is 0 Å². The predicted octanol–water partition coefficient (Wildman–Crippen LogP) is 1.73. The molecule has 0 radical (unpaired) electrons. The predicted molar refractivity (Wildman–Crippen MR) is 127 cm³/mol. The minimum Gasteiger partial charge on any atom is -0.459 e. The van der Waals surface area contributed by atoms with E-state index in [1.54, 1.807) is 26.8 Å². The van der Waals surface area contributed by atoms with Gasteiger partial charge in [0.2, 0.25) is 0 Å². The van der Waals surface area contributed by atoms with Crippen molar-refractivity contribution >= 4 is 17.9 Å². The smallest absolute Gasteiger partial charge is 0.334 e. The summed E-state index contributed by atoms with van der Waals surface area (Å²) < 4.78 is 17.1. The highest BCUT2D eigenvalue weighted by atomic mass is 16.6. The second kappa shape index (κ2) is 10.4. The average Bonchev–Trinajstić information content (AvgIpc) is 3.06. The third-order valence-corrected chi connectivity index (χ3v) is 8.39. The van der Waals surface area contributed by atoms with Crippen LogP contribution in [0.25, 0.3) is 0 Å². The number of aliphatic hydroxyl groups excluding tert-OH is 1. The van der Waals surface area contributed by atoms with Gasteiger partial charge < -0.3 is 19.3 Å². The highest BCUT2D eigenvalue weighted by Crippen LogP contribution is 2.38. The molecule has 194 valence electrons. The fraction of sp³-hybridized carbons (Fsp3) is 0.731. The monoisotopic (exact) mass is 490 g/mol. The fourth-order valence-corrected chi connectivity index (χ4v) is 6.12. The highest BCUT2D eigenvalue weighted by Gasteiger charge is 2.48. The molecule has 0 amide bonds. The quantitative estimate of drug-likeness (QED) is 0.338. The molecule has 4 saturated heterocycles. The van der Waals surface area contributed by atoms with Crippen LogP contribution in [0.3, 0.4) is 0 Å². The maximum atomic E-state index is 12.6. The van der Waals surface area contributed by atoms with Gasteiger partial charge in [-0.3, -0.25) is 9.80 Å². The molecule has 4 heterocycles. The Kier molecular flexibility index (Phi) is 7.68. The number of hydrogen-bond acceptors (Lipinski definition) is 9. The molecule has 0 spiro atoms. The van der Waals surface area contributed by atoms with Gasteiger partial charge >= 0.3 is 17.9 Å². The lowest BCUT2D eigenvalue weighted by atomic mass is 10.00. The lowest BCUT2D eigenvalue weighted by molar-refractivity contribution is -0.151. The van der Waals surface area contributed by atoms with Crippen molar-refractivity contribution in [2.75, 3.05) is 14.1 Å². The number of allylic oxidation sites excluding steroid dienone is 1. The van der Waals surface area contributed by atoms with E-state index in [1.165, 1.54) is 6.08 Å². The maximum absolute atomic E-state index is 12.6. The third kappa shape index (κ3) is 5.47. The van der Waals surface area contributed by atoms with Crippen molar-refractivity contribution in [3.8, 4) is 0 Å². The number of carbonyl (C=O) groups excluding carboxylic acids is 3. The third-order valence-electron chi connectivity index (χ3n) is 8.39. The average molecular weight is 491 g/mol. The summed E-state index contributed by atoms with van der Waals surface area (Å²) in [7, 11) is 4.01. The van der Waals surface area contributed by atoms with Crippen molar-refractivity contribution in [1.29, 1.82) is 0 Å². The molecule has 8 atom stereocenters. The van der Waals surface area contributed by atoms with Crippen LogP contribution in [0.15, 0.2) is 23.3 Å². The van der Waals surface area contributed by atoms with Crippen molar-refractivity contribution in [2.24, 2.45) is 0 Å². The number of nitrogens with zero attached hydrogens (tertiary/aromatic N) is 2. The molecule has 35 heavy (non-hydrogen) atoms. The molecule has 9 heteroatoms. The molecule has 4 rings (SSSR count). The van der Waals surface area contributed by atoms with Crippen molar-refractivity contribution in [3.05, 3.63) is 23.3 Å². The molecule has 1 N–H and O–H groups in total.